The van der Waals surface area contributed by atoms with Crippen molar-refractivity contribution in [3.8, 4) is 0 Å². The highest BCUT2D eigenvalue weighted by molar-refractivity contribution is 7.93. The quantitative estimate of drug-likeness (QED) is 0.861. The molecule has 0 aliphatic rings. The molecule has 0 fully saturated rings. The van der Waals surface area contributed by atoms with E-state index in [1.54, 1.807) is 23.6 Å². The van der Waals surface area contributed by atoms with Crippen molar-refractivity contribution in [2.75, 3.05) is 5.75 Å². The molecule has 0 atom stereocenters. The fourth-order valence-electron chi connectivity index (χ4n) is 1.53. The molecule has 18 heavy (non-hydrogen) atoms. The normalized spacial score (nSPS) is 11.4. The van der Waals surface area contributed by atoms with Gasteiger partial charge in [-0.2, -0.15) is 0 Å². The Balaban J connectivity index is 2.23. The fraction of sp³-hybridized carbons (Fsp3) is 0.0769. The minimum Gasteiger partial charge on any atom is -0.223 e. The third-order valence-electron chi connectivity index (χ3n) is 2.40. The van der Waals surface area contributed by atoms with E-state index in [4.69, 9.17) is 0 Å². The SMILES string of the molecule is C=C(CS(=O)(=O)c1cccs1)c1cccc(F)c1. The predicted octanol–water partition coefficient (Wildman–Crippen LogP) is 3.37. The largest absolute Gasteiger partial charge is 0.223 e. The van der Waals surface area contributed by atoms with Gasteiger partial charge in [-0.25, -0.2) is 12.8 Å². The minimum atomic E-state index is -3.38. The van der Waals surface area contributed by atoms with Gasteiger partial charge >= 0.3 is 0 Å². The summed E-state index contributed by atoms with van der Waals surface area (Å²) in [6, 6.07) is 9.02. The van der Waals surface area contributed by atoms with Crippen LogP contribution >= 0.6 is 11.3 Å². The monoisotopic (exact) mass is 282 g/mol. The summed E-state index contributed by atoms with van der Waals surface area (Å²) in [5.74, 6) is -0.598. The third kappa shape index (κ3) is 2.86. The first-order valence-electron chi connectivity index (χ1n) is 5.19. The van der Waals surface area contributed by atoms with Gasteiger partial charge < -0.3 is 0 Å². The molecule has 1 heterocycles. The topological polar surface area (TPSA) is 34.1 Å². The second kappa shape index (κ2) is 5.04. The molecule has 0 radical (unpaired) electrons. The highest BCUT2D eigenvalue weighted by Crippen LogP contribution is 2.23. The first-order valence-corrected chi connectivity index (χ1v) is 7.72. The number of halogens is 1. The molecule has 2 nitrogen and oxygen atoms in total. The van der Waals surface area contributed by atoms with Crippen LogP contribution in [0.4, 0.5) is 4.39 Å². The lowest BCUT2D eigenvalue weighted by atomic mass is 10.1. The van der Waals surface area contributed by atoms with Crippen LogP contribution in [0, 0.1) is 5.82 Å². The Morgan fingerprint density at radius 3 is 2.67 bits per heavy atom. The third-order valence-corrected chi connectivity index (χ3v) is 5.59. The molecule has 5 heteroatoms. The molecular weight excluding hydrogens is 271 g/mol. The van der Waals surface area contributed by atoms with Gasteiger partial charge in [0.05, 0.1) is 5.75 Å². The highest BCUT2D eigenvalue weighted by atomic mass is 32.2. The maximum atomic E-state index is 13.0. The number of thiophene rings is 1. The van der Waals surface area contributed by atoms with Crippen molar-refractivity contribution in [1.29, 1.82) is 0 Å². The second-order valence-corrected chi connectivity index (χ2v) is 6.97. The average molecular weight is 282 g/mol. The van der Waals surface area contributed by atoms with Gasteiger partial charge in [0.15, 0.2) is 9.84 Å². The Labute approximate surface area is 109 Å². The summed E-state index contributed by atoms with van der Waals surface area (Å²) in [5.41, 5.74) is 0.901. The van der Waals surface area contributed by atoms with Crippen LogP contribution in [0.2, 0.25) is 0 Å². The Morgan fingerprint density at radius 2 is 2.06 bits per heavy atom. The van der Waals surface area contributed by atoms with Gasteiger partial charge in [0, 0.05) is 0 Å². The second-order valence-electron chi connectivity index (χ2n) is 3.81. The molecule has 2 aromatic rings. The van der Waals surface area contributed by atoms with E-state index in [1.807, 2.05) is 0 Å². The Morgan fingerprint density at radius 1 is 1.28 bits per heavy atom. The van der Waals surface area contributed by atoms with E-state index in [2.05, 4.69) is 6.58 Å². The van der Waals surface area contributed by atoms with Gasteiger partial charge in [0.2, 0.25) is 0 Å². The fourth-order valence-corrected chi connectivity index (χ4v) is 3.96. The minimum absolute atomic E-state index is 0.197. The van der Waals surface area contributed by atoms with Gasteiger partial charge in [-0.3, -0.25) is 0 Å². The van der Waals surface area contributed by atoms with Crippen molar-refractivity contribution in [3.63, 3.8) is 0 Å². The summed E-state index contributed by atoms with van der Waals surface area (Å²) in [6.45, 7) is 3.72. The van der Waals surface area contributed by atoms with Crippen molar-refractivity contribution >= 4 is 26.7 Å². The van der Waals surface area contributed by atoms with Gasteiger partial charge in [0.25, 0.3) is 0 Å². The molecule has 0 saturated carbocycles. The summed E-state index contributed by atoms with van der Waals surface area (Å²) in [5, 5.41) is 1.71. The molecule has 0 N–H and O–H groups in total. The zero-order valence-corrected chi connectivity index (χ0v) is 11.1. The first-order chi connectivity index (χ1) is 8.49. The smallest absolute Gasteiger partial charge is 0.191 e. The molecule has 0 unspecified atom stereocenters. The number of hydrogen-bond acceptors (Lipinski definition) is 3. The number of sulfone groups is 1. The highest BCUT2D eigenvalue weighted by Gasteiger charge is 2.17. The summed E-state index contributed by atoms with van der Waals surface area (Å²) in [6.07, 6.45) is 0. The lowest BCUT2D eigenvalue weighted by molar-refractivity contribution is 0.601. The van der Waals surface area contributed by atoms with Crippen LogP contribution in [-0.4, -0.2) is 14.2 Å². The number of rotatable bonds is 4. The predicted molar refractivity (Wildman–Crippen MR) is 71.8 cm³/mol. The molecule has 94 valence electrons. The van der Waals surface area contributed by atoms with Crippen LogP contribution in [-0.2, 0) is 9.84 Å². The molecule has 0 aliphatic heterocycles. The summed E-state index contributed by atoms with van der Waals surface area (Å²) in [7, 11) is -3.38. The molecule has 1 aromatic carbocycles. The number of benzene rings is 1. The molecule has 0 saturated heterocycles. The van der Waals surface area contributed by atoms with E-state index >= 15 is 0 Å². The zero-order valence-electron chi connectivity index (χ0n) is 9.47. The van der Waals surface area contributed by atoms with E-state index in [1.165, 1.54) is 29.5 Å². The zero-order chi connectivity index (χ0) is 13.2. The lowest BCUT2D eigenvalue weighted by Gasteiger charge is -2.06. The number of hydrogen-bond donors (Lipinski definition) is 0. The Kier molecular flexibility index (Phi) is 3.63. The van der Waals surface area contributed by atoms with E-state index < -0.39 is 15.7 Å². The summed E-state index contributed by atoms with van der Waals surface area (Å²) in [4.78, 5) is 0. The van der Waals surface area contributed by atoms with Crippen LogP contribution < -0.4 is 0 Å². The van der Waals surface area contributed by atoms with Gasteiger partial charge in [-0.15, -0.1) is 11.3 Å². The summed E-state index contributed by atoms with van der Waals surface area (Å²) >= 11 is 1.17. The van der Waals surface area contributed by atoms with E-state index in [9.17, 15) is 12.8 Å². The van der Waals surface area contributed by atoms with Crippen molar-refractivity contribution in [3.05, 3.63) is 59.7 Å². The molecule has 1 aromatic heterocycles. The maximum Gasteiger partial charge on any atom is 0.191 e. The summed E-state index contributed by atoms with van der Waals surface area (Å²) < 4.78 is 37.4. The van der Waals surface area contributed by atoms with Gasteiger partial charge in [0.1, 0.15) is 10.0 Å². The lowest BCUT2D eigenvalue weighted by Crippen LogP contribution is -2.06. The van der Waals surface area contributed by atoms with Crippen LogP contribution in [0.5, 0.6) is 0 Å². The van der Waals surface area contributed by atoms with Crippen molar-refractivity contribution in [2.24, 2.45) is 0 Å². The Hall–Kier alpha value is -1.46. The average Bonchev–Trinajstić information content (AvgIpc) is 2.82. The van der Waals surface area contributed by atoms with Crippen LogP contribution in [0.1, 0.15) is 5.56 Å². The van der Waals surface area contributed by atoms with Crippen molar-refractivity contribution < 1.29 is 12.8 Å². The molecule has 0 spiro atoms. The Bertz CT molecular complexity index is 658. The van der Waals surface area contributed by atoms with Gasteiger partial charge in [-0.1, -0.05) is 24.8 Å². The van der Waals surface area contributed by atoms with Crippen molar-refractivity contribution in [1.82, 2.24) is 0 Å². The van der Waals surface area contributed by atoms with E-state index in [0.717, 1.165) is 0 Å². The molecule has 0 bridgehead atoms. The molecule has 2 rings (SSSR count). The first kappa shape index (κ1) is 13.0. The van der Waals surface area contributed by atoms with Gasteiger partial charge in [-0.05, 0) is 34.7 Å². The van der Waals surface area contributed by atoms with E-state index in [0.29, 0.717) is 15.3 Å². The van der Waals surface area contributed by atoms with Crippen LogP contribution in [0.25, 0.3) is 5.57 Å². The van der Waals surface area contributed by atoms with E-state index in [-0.39, 0.29) is 5.75 Å². The molecule has 0 aliphatic carbocycles. The molecule has 0 amide bonds. The van der Waals surface area contributed by atoms with Crippen LogP contribution in [0.3, 0.4) is 0 Å². The molecular formula is C13H11FO2S2. The maximum absolute atomic E-state index is 13.0. The van der Waals surface area contributed by atoms with Crippen molar-refractivity contribution in [2.45, 2.75) is 4.21 Å². The standard InChI is InChI=1S/C13H11FO2S2/c1-10(11-4-2-5-12(14)8-11)9-18(15,16)13-6-3-7-17-13/h2-8H,1,9H2. The van der Waals surface area contributed by atoms with Crippen LogP contribution in [0.15, 0.2) is 52.6 Å².